The van der Waals surface area contributed by atoms with Gasteiger partial charge in [-0.1, -0.05) is 156 Å². The van der Waals surface area contributed by atoms with Crippen molar-refractivity contribution in [3.63, 3.8) is 0 Å². The second-order valence-electron chi connectivity index (χ2n) is 17.8. The molecule has 0 heteroatoms. The normalized spacial score (nSPS) is 12.0. The van der Waals surface area contributed by atoms with Crippen molar-refractivity contribution in [3.05, 3.63) is 165 Å². The summed E-state index contributed by atoms with van der Waals surface area (Å²) < 4.78 is 0. The molecule has 0 aliphatic carbocycles. The lowest BCUT2D eigenvalue weighted by Gasteiger charge is -2.29. The molecule has 0 heterocycles. The lowest BCUT2D eigenvalue weighted by molar-refractivity contribution is 0.793. The highest BCUT2D eigenvalue weighted by atomic mass is 14.3. The molecule has 0 fully saturated rings. The number of hydrogen-bond acceptors (Lipinski definition) is 0. The molecule has 0 nitrogen and oxygen atoms in total. The summed E-state index contributed by atoms with van der Waals surface area (Å²) in [6, 6.07) is 44.7. The van der Waals surface area contributed by atoms with Crippen molar-refractivity contribution in [3.8, 4) is 44.5 Å². The number of rotatable bonds is 7. The van der Waals surface area contributed by atoms with Gasteiger partial charge in [-0.25, -0.2) is 0 Å². The number of hydrogen-bond donors (Lipinski definition) is 0. The van der Waals surface area contributed by atoms with Crippen molar-refractivity contribution in [1.82, 2.24) is 0 Å². The highest BCUT2D eigenvalue weighted by Gasteiger charge is 2.29. The van der Waals surface area contributed by atoms with Crippen LogP contribution in [0, 0.1) is 41.5 Å². The first-order valence-electron chi connectivity index (χ1n) is 21.1. The molecule has 8 rings (SSSR count). The summed E-state index contributed by atoms with van der Waals surface area (Å²) in [6.07, 6.45) is 0. The third kappa shape index (κ3) is 6.48. The van der Waals surface area contributed by atoms with E-state index < -0.39 is 0 Å². The fourth-order valence-electron chi connectivity index (χ4n) is 10.2. The maximum absolute atomic E-state index is 2.60. The van der Waals surface area contributed by atoms with Crippen molar-refractivity contribution in [1.29, 1.82) is 0 Å². The van der Waals surface area contributed by atoms with Crippen LogP contribution in [0.3, 0.4) is 0 Å². The third-order valence-corrected chi connectivity index (χ3v) is 12.5. The smallest absolute Gasteiger partial charge is 0.000118 e. The Balaban J connectivity index is 1.85. The third-order valence-electron chi connectivity index (χ3n) is 12.5. The van der Waals surface area contributed by atoms with Crippen LogP contribution in [0.1, 0.15) is 109 Å². The van der Waals surface area contributed by atoms with Gasteiger partial charge in [0.25, 0.3) is 0 Å². The topological polar surface area (TPSA) is 0 Å². The number of aryl methyl sites for hydroxylation is 6. The van der Waals surface area contributed by atoms with Crippen molar-refractivity contribution < 1.29 is 0 Å². The van der Waals surface area contributed by atoms with Crippen LogP contribution in [-0.2, 0) is 0 Å². The predicted molar refractivity (Wildman–Crippen MR) is 251 cm³/mol. The van der Waals surface area contributed by atoms with Gasteiger partial charge in [0.05, 0.1) is 0 Å². The zero-order chi connectivity index (χ0) is 40.4. The van der Waals surface area contributed by atoms with Crippen LogP contribution in [0.4, 0.5) is 0 Å². The summed E-state index contributed by atoms with van der Waals surface area (Å²) in [7, 11) is 0. The quantitative estimate of drug-likeness (QED) is 0.143. The van der Waals surface area contributed by atoms with Crippen LogP contribution in [-0.4, -0.2) is 0 Å². The summed E-state index contributed by atoms with van der Waals surface area (Å²) in [5, 5.41) is 7.98. The molecule has 0 spiro atoms. The van der Waals surface area contributed by atoms with Gasteiger partial charge < -0.3 is 0 Å². The fourth-order valence-corrected chi connectivity index (χ4v) is 10.2. The number of fused-ring (bicyclic) bond motifs is 3. The van der Waals surface area contributed by atoms with Crippen LogP contribution in [0.15, 0.2) is 115 Å². The number of benzene rings is 8. The van der Waals surface area contributed by atoms with E-state index in [2.05, 4.69) is 198 Å². The van der Waals surface area contributed by atoms with Crippen molar-refractivity contribution in [2.45, 2.75) is 101 Å². The average molecular weight is 743 g/mol. The highest BCUT2D eigenvalue weighted by molar-refractivity contribution is 6.34. The van der Waals surface area contributed by atoms with Gasteiger partial charge in [0.1, 0.15) is 0 Å². The Kier molecular flexibility index (Phi) is 9.98. The Morgan fingerprint density at radius 3 is 1.07 bits per heavy atom. The maximum Gasteiger partial charge on any atom is -0.000118 e. The molecule has 0 aliphatic rings. The predicted octanol–water partition coefficient (Wildman–Crippen LogP) is 17.0. The van der Waals surface area contributed by atoms with Gasteiger partial charge in [-0.3, -0.25) is 0 Å². The molecule has 0 aliphatic heterocycles. The molecule has 8 aromatic rings. The first-order valence-corrected chi connectivity index (χ1v) is 21.1. The fraction of sp³-hybridized carbons (Fsp3) is 0.263. The van der Waals surface area contributed by atoms with Crippen LogP contribution in [0.2, 0.25) is 0 Å². The molecule has 0 aromatic heterocycles. The Labute approximate surface area is 341 Å². The zero-order valence-electron chi connectivity index (χ0n) is 36.2. The molecule has 0 radical (unpaired) electrons. The summed E-state index contributed by atoms with van der Waals surface area (Å²) in [6.45, 7) is 27.9. The van der Waals surface area contributed by atoms with Gasteiger partial charge in [-0.15, -0.1) is 0 Å². The Morgan fingerprint density at radius 1 is 0.316 bits per heavy atom. The summed E-state index contributed by atoms with van der Waals surface area (Å²) in [4.78, 5) is 0. The summed E-state index contributed by atoms with van der Waals surface area (Å²) in [5.41, 5.74) is 22.7. The Morgan fingerprint density at radius 2 is 0.684 bits per heavy atom. The van der Waals surface area contributed by atoms with Gasteiger partial charge in [0, 0.05) is 0 Å². The molecule has 0 atom stereocenters. The van der Waals surface area contributed by atoms with E-state index in [-0.39, 0.29) is 0 Å². The van der Waals surface area contributed by atoms with E-state index in [1.165, 1.54) is 127 Å². The molecule has 0 saturated carbocycles. The van der Waals surface area contributed by atoms with Gasteiger partial charge in [0.2, 0.25) is 0 Å². The first kappa shape index (κ1) is 38.4. The van der Waals surface area contributed by atoms with E-state index in [9.17, 15) is 0 Å². The molecule has 286 valence electrons. The molecule has 57 heavy (non-hydrogen) atoms. The van der Waals surface area contributed by atoms with Crippen molar-refractivity contribution in [2.24, 2.45) is 0 Å². The van der Waals surface area contributed by atoms with Crippen LogP contribution >= 0.6 is 0 Å². The highest BCUT2D eigenvalue weighted by Crippen LogP contribution is 2.56. The van der Waals surface area contributed by atoms with Crippen LogP contribution in [0.5, 0.6) is 0 Å². The Bertz CT molecular complexity index is 2800. The summed E-state index contributed by atoms with van der Waals surface area (Å²) in [5.74, 6) is 1.15. The molecular formula is C57H58. The molecule has 8 aromatic carbocycles. The van der Waals surface area contributed by atoms with Gasteiger partial charge in [0.15, 0.2) is 0 Å². The molecule has 0 amide bonds. The minimum atomic E-state index is 0.378. The SMILES string of the molecule is Cc1cc(C)c(-c2c3cc(C(C)C)ccc3c(-c3ccccc3)c3c(-c4c(C)cc(C)cc4C)c4cc(C(C)C)c(C(C)C)cc4c(-c4ccccc4)c23)c(C)c1. The van der Waals surface area contributed by atoms with E-state index in [1.54, 1.807) is 0 Å². The minimum absolute atomic E-state index is 0.378. The van der Waals surface area contributed by atoms with Gasteiger partial charge in [-0.05, 0) is 187 Å². The molecule has 0 N–H and O–H groups in total. The van der Waals surface area contributed by atoms with Crippen molar-refractivity contribution >= 4 is 32.3 Å². The van der Waals surface area contributed by atoms with E-state index in [0.29, 0.717) is 17.8 Å². The summed E-state index contributed by atoms with van der Waals surface area (Å²) >= 11 is 0. The van der Waals surface area contributed by atoms with Gasteiger partial charge in [-0.2, -0.15) is 0 Å². The van der Waals surface area contributed by atoms with Crippen LogP contribution in [0.25, 0.3) is 76.8 Å². The lowest BCUT2D eigenvalue weighted by atomic mass is 9.74. The molecule has 0 saturated heterocycles. The average Bonchev–Trinajstić information content (AvgIpc) is 3.16. The first-order chi connectivity index (χ1) is 27.3. The van der Waals surface area contributed by atoms with Crippen LogP contribution < -0.4 is 0 Å². The molecular weight excluding hydrogens is 685 g/mol. The van der Waals surface area contributed by atoms with E-state index in [0.717, 1.165) is 0 Å². The van der Waals surface area contributed by atoms with Crippen molar-refractivity contribution in [2.75, 3.05) is 0 Å². The zero-order valence-corrected chi connectivity index (χ0v) is 36.2. The second-order valence-corrected chi connectivity index (χ2v) is 17.8. The Hall–Kier alpha value is -5.46. The molecule has 0 bridgehead atoms. The minimum Gasteiger partial charge on any atom is -0.0622 e. The van der Waals surface area contributed by atoms with E-state index in [4.69, 9.17) is 0 Å². The maximum atomic E-state index is 2.60. The van der Waals surface area contributed by atoms with E-state index in [1.807, 2.05) is 0 Å². The largest absolute Gasteiger partial charge is 0.0622 e. The monoisotopic (exact) mass is 742 g/mol. The molecule has 0 unspecified atom stereocenters. The van der Waals surface area contributed by atoms with E-state index >= 15 is 0 Å². The van der Waals surface area contributed by atoms with Gasteiger partial charge >= 0.3 is 0 Å². The second kappa shape index (κ2) is 14.8. The standard InChI is InChI=1S/C57H58/c1-32(2)43-23-24-44-47(29-43)54(50-37(9)25-35(7)26-38(50)10)57-53(42-21-17-14-18-22-42)48-30-45(33(3)4)46(34(5)6)31-49(48)55(51-39(11)27-36(8)28-40(51)12)56(57)52(44)41-19-15-13-16-20-41/h13-34H,1-12H3. The lowest BCUT2D eigenvalue weighted by Crippen LogP contribution is -2.04.